The highest BCUT2D eigenvalue weighted by Gasteiger charge is 2.21. The minimum Gasteiger partial charge on any atom is -0.508 e. The number of hydrogen-bond donors (Lipinski definition) is 2. The van der Waals surface area contributed by atoms with Crippen LogP contribution >= 0.6 is 11.8 Å². The molecule has 2 rings (SSSR count). The molecule has 3 heteroatoms. The summed E-state index contributed by atoms with van der Waals surface area (Å²) in [5, 5.41) is 13.9. The Kier molecular flexibility index (Phi) is 4.95. The van der Waals surface area contributed by atoms with Gasteiger partial charge in [0.2, 0.25) is 0 Å². The van der Waals surface area contributed by atoms with Crippen LogP contribution in [0.1, 0.15) is 44.2 Å². The number of aromatic hydroxyl groups is 1. The fourth-order valence-electron chi connectivity index (χ4n) is 2.68. The zero-order chi connectivity index (χ0) is 13.0. The van der Waals surface area contributed by atoms with E-state index in [9.17, 15) is 5.11 Å². The second-order valence-electron chi connectivity index (χ2n) is 5.19. The van der Waals surface area contributed by atoms with Crippen LogP contribution in [0.2, 0.25) is 0 Å². The molecular formula is C15H23NOS. The van der Waals surface area contributed by atoms with Crippen molar-refractivity contribution in [1.29, 1.82) is 0 Å². The van der Waals surface area contributed by atoms with E-state index in [2.05, 4.69) is 18.5 Å². The Bertz CT molecular complexity index is 357. The van der Waals surface area contributed by atoms with Gasteiger partial charge in [-0.3, -0.25) is 0 Å². The lowest BCUT2D eigenvalue weighted by Crippen LogP contribution is -2.35. The first-order valence-electron chi connectivity index (χ1n) is 6.77. The van der Waals surface area contributed by atoms with Gasteiger partial charge in [-0.1, -0.05) is 12.1 Å². The lowest BCUT2D eigenvalue weighted by atomic mass is 9.93. The summed E-state index contributed by atoms with van der Waals surface area (Å²) in [6.45, 7) is 2.20. The van der Waals surface area contributed by atoms with Crippen LogP contribution in [0.25, 0.3) is 0 Å². The van der Waals surface area contributed by atoms with E-state index in [0.29, 0.717) is 17.8 Å². The van der Waals surface area contributed by atoms with E-state index in [-0.39, 0.29) is 0 Å². The van der Waals surface area contributed by atoms with Gasteiger partial charge in [0, 0.05) is 17.3 Å². The third kappa shape index (κ3) is 3.66. The minimum atomic E-state index is 0.339. The van der Waals surface area contributed by atoms with Crippen molar-refractivity contribution in [1.82, 2.24) is 5.32 Å². The zero-order valence-electron chi connectivity index (χ0n) is 11.2. The van der Waals surface area contributed by atoms with Crippen LogP contribution in [0.15, 0.2) is 24.3 Å². The van der Waals surface area contributed by atoms with Gasteiger partial charge in [0.05, 0.1) is 0 Å². The molecule has 0 radical (unpaired) electrons. The molecule has 0 heterocycles. The van der Waals surface area contributed by atoms with Gasteiger partial charge in [-0.25, -0.2) is 0 Å². The van der Waals surface area contributed by atoms with Gasteiger partial charge in [-0.2, -0.15) is 11.8 Å². The van der Waals surface area contributed by atoms with Crippen molar-refractivity contribution >= 4 is 11.8 Å². The molecule has 1 aliphatic rings. The molecule has 1 saturated carbocycles. The van der Waals surface area contributed by atoms with Crippen molar-refractivity contribution in [3.8, 4) is 5.75 Å². The van der Waals surface area contributed by atoms with E-state index >= 15 is 0 Å². The topological polar surface area (TPSA) is 32.3 Å². The second kappa shape index (κ2) is 6.48. The molecule has 1 fully saturated rings. The fourth-order valence-corrected chi connectivity index (χ4v) is 3.42. The molecule has 0 spiro atoms. The minimum absolute atomic E-state index is 0.339. The van der Waals surface area contributed by atoms with Crippen molar-refractivity contribution < 1.29 is 5.11 Å². The summed E-state index contributed by atoms with van der Waals surface area (Å²) in [6, 6.07) is 8.54. The van der Waals surface area contributed by atoms with Crippen molar-refractivity contribution in [3.63, 3.8) is 0 Å². The monoisotopic (exact) mass is 265 g/mol. The van der Waals surface area contributed by atoms with Gasteiger partial charge in [-0.15, -0.1) is 0 Å². The Morgan fingerprint density at radius 3 is 2.33 bits per heavy atom. The zero-order valence-corrected chi connectivity index (χ0v) is 12.0. The average Bonchev–Trinajstić information content (AvgIpc) is 2.40. The number of thioether (sulfide) groups is 1. The smallest absolute Gasteiger partial charge is 0.115 e. The Morgan fingerprint density at radius 2 is 1.78 bits per heavy atom. The molecule has 0 amide bonds. The number of nitrogens with one attached hydrogen (secondary N) is 1. The molecule has 0 aromatic heterocycles. The summed E-state index contributed by atoms with van der Waals surface area (Å²) >= 11 is 2.01. The predicted molar refractivity (Wildman–Crippen MR) is 79.2 cm³/mol. The summed E-state index contributed by atoms with van der Waals surface area (Å²) in [5.41, 5.74) is 1.25. The van der Waals surface area contributed by atoms with Crippen molar-refractivity contribution in [2.45, 2.75) is 49.9 Å². The van der Waals surface area contributed by atoms with Crippen LogP contribution in [-0.4, -0.2) is 22.7 Å². The Morgan fingerprint density at radius 1 is 1.17 bits per heavy atom. The quantitative estimate of drug-likeness (QED) is 0.870. The maximum atomic E-state index is 9.29. The van der Waals surface area contributed by atoms with Crippen LogP contribution in [0.3, 0.4) is 0 Å². The molecule has 1 unspecified atom stereocenters. The van der Waals surface area contributed by atoms with Gasteiger partial charge in [0.25, 0.3) is 0 Å². The second-order valence-corrected chi connectivity index (χ2v) is 6.33. The molecule has 0 saturated heterocycles. The van der Waals surface area contributed by atoms with Gasteiger partial charge in [-0.05, 0) is 56.6 Å². The molecule has 100 valence electrons. The third-order valence-electron chi connectivity index (χ3n) is 3.89. The summed E-state index contributed by atoms with van der Waals surface area (Å²) in [6.07, 6.45) is 7.46. The van der Waals surface area contributed by atoms with Crippen LogP contribution in [-0.2, 0) is 0 Å². The van der Waals surface area contributed by atoms with Crippen LogP contribution < -0.4 is 5.32 Å². The molecule has 1 aromatic rings. The number of phenolic OH excluding ortho intramolecular Hbond substituents is 1. The Labute approximate surface area is 114 Å². The van der Waals surface area contributed by atoms with E-state index in [1.807, 2.05) is 23.9 Å². The van der Waals surface area contributed by atoms with Crippen molar-refractivity contribution in [2.75, 3.05) is 6.26 Å². The number of benzene rings is 1. The first-order chi connectivity index (χ1) is 8.69. The van der Waals surface area contributed by atoms with E-state index in [0.717, 1.165) is 5.25 Å². The van der Waals surface area contributed by atoms with Crippen LogP contribution in [0.5, 0.6) is 5.75 Å². The van der Waals surface area contributed by atoms with Gasteiger partial charge >= 0.3 is 0 Å². The highest BCUT2D eigenvalue weighted by atomic mass is 32.2. The molecule has 1 atom stereocenters. The van der Waals surface area contributed by atoms with Crippen molar-refractivity contribution in [3.05, 3.63) is 29.8 Å². The SMILES string of the molecule is CSC1CCC(NC(C)c2ccc(O)cc2)CC1. The van der Waals surface area contributed by atoms with Gasteiger partial charge < -0.3 is 10.4 Å². The highest BCUT2D eigenvalue weighted by molar-refractivity contribution is 7.99. The highest BCUT2D eigenvalue weighted by Crippen LogP contribution is 2.28. The summed E-state index contributed by atoms with van der Waals surface area (Å²) in [5.74, 6) is 0.339. The molecule has 0 bridgehead atoms. The Hall–Kier alpha value is -0.670. The summed E-state index contributed by atoms with van der Waals surface area (Å²) < 4.78 is 0. The number of phenols is 1. The van der Waals surface area contributed by atoms with E-state index in [1.165, 1.54) is 31.2 Å². The molecule has 2 nitrogen and oxygen atoms in total. The molecule has 1 aromatic carbocycles. The standard InChI is InChI=1S/C15H23NOS/c1-11(12-3-7-14(17)8-4-12)16-13-5-9-15(18-2)10-6-13/h3-4,7-8,11,13,15-17H,5-6,9-10H2,1-2H3. The normalized spacial score (nSPS) is 25.9. The van der Waals surface area contributed by atoms with E-state index in [4.69, 9.17) is 0 Å². The molecular weight excluding hydrogens is 242 g/mol. The predicted octanol–water partition coefficient (Wildman–Crippen LogP) is 3.72. The van der Waals surface area contributed by atoms with Crippen molar-refractivity contribution in [2.24, 2.45) is 0 Å². The van der Waals surface area contributed by atoms with Crippen LogP contribution in [0, 0.1) is 0 Å². The van der Waals surface area contributed by atoms with Gasteiger partial charge in [0.1, 0.15) is 5.75 Å². The largest absolute Gasteiger partial charge is 0.508 e. The summed E-state index contributed by atoms with van der Waals surface area (Å²) in [7, 11) is 0. The van der Waals surface area contributed by atoms with E-state index < -0.39 is 0 Å². The lowest BCUT2D eigenvalue weighted by molar-refractivity contribution is 0.352. The molecule has 1 aliphatic carbocycles. The van der Waals surface area contributed by atoms with Gasteiger partial charge in [0.15, 0.2) is 0 Å². The van der Waals surface area contributed by atoms with E-state index in [1.54, 1.807) is 12.1 Å². The summed E-state index contributed by atoms with van der Waals surface area (Å²) in [4.78, 5) is 0. The average molecular weight is 265 g/mol. The van der Waals surface area contributed by atoms with Crippen LogP contribution in [0.4, 0.5) is 0 Å². The lowest BCUT2D eigenvalue weighted by Gasteiger charge is -2.30. The molecule has 18 heavy (non-hydrogen) atoms. The Balaban J connectivity index is 1.84. The molecule has 2 N–H and O–H groups in total. The first kappa shape index (κ1) is 13.8. The maximum Gasteiger partial charge on any atom is 0.115 e. The third-order valence-corrected chi connectivity index (χ3v) is 5.02. The number of rotatable bonds is 4. The fraction of sp³-hybridized carbons (Fsp3) is 0.600. The molecule has 0 aliphatic heterocycles. The maximum absolute atomic E-state index is 9.29. The number of hydrogen-bond acceptors (Lipinski definition) is 3. The first-order valence-corrected chi connectivity index (χ1v) is 8.05.